The van der Waals surface area contributed by atoms with Gasteiger partial charge in [-0.1, -0.05) is 37.5 Å². The van der Waals surface area contributed by atoms with Crippen LogP contribution in [0.3, 0.4) is 0 Å². The lowest BCUT2D eigenvalue weighted by atomic mass is 9.89. The quantitative estimate of drug-likeness (QED) is 0.687. The number of rotatable bonds is 6. The van der Waals surface area contributed by atoms with Crippen molar-refractivity contribution in [3.8, 4) is 11.5 Å². The minimum atomic E-state index is -0.276. The van der Waals surface area contributed by atoms with E-state index in [2.05, 4.69) is 21.2 Å². The van der Waals surface area contributed by atoms with Gasteiger partial charge in [0, 0.05) is 45.2 Å². The first-order valence-electron chi connectivity index (χ1n) is 11.0. The second-order valence-corrected chi connectivity index (χ2v) is 8.73. The van der Waals surface area contributed by atoms with Crippen molar-refractivity contribution in [2.45, 2.75) is 38.2 Å². The summed E-state index contributed by atoms with van der Waals surface area (Å²) in [5.41, 5.74) is 1.09. The topological polar surface area (TPSA) is 57.2 Å². The summed E-state index contributed by atoms with van der Waals surface area (Å²) in [6.45, 7) is 6.34. The fraction of sp³-hybridized carbons (Fsp3) is 0.682. The number of para-hydroxylation sites is 1. The molecular formula is C22H33N3O3S. The van der Waals surface area contributed by atoms with E-state index in [4.69, 9.17) is 21.7 Å². The molecule has 4 rings (SSSR count). The molecule has 2 fully saturated rings. The van der Waals surface area contributed by atoms with Crippen LogP contribution in [0.2, 0.25) is 0 Å². The second-order valence-electron chi connectivity index (χ2n) is 8.29. The van der Waals surface area contributed by atoms with Crippen molar-refractivity contribution in [2.24, 2.45) is 5.92 Å². The Morgan fingerprint density at radius 2 is 1.93 bits per heavy atom. The van der Waals surface area contributed by atoms with E-state index in [1.807, 2.05) is 12.1 Å². The SMILES string of the molecule is OCC1COc2c(cccc2N2CCN(CCNC(=S)C3CCCCC3)CC2)O1. The maximum Gasteiger partial charge on any atom is 0.184 e. The zero-order chi connectivity index (χ0) is 20.1. The van der Waals surface area contributed by atoms with Crippen molar-refractivity contribution in [3.63, 3.8) is 0 Å². The number of nitrogens with zero attached hydrogens (tertiary/aromatic N) is 2. The van der Waals surface area contributed by atoms with Crippen LogP contribution in [0.15, 0.2) is 18.2 Å². The van der Waals surface area contributed by atoms with E-state index in [1.165, 1.54) is 32.1 Å². The summed E-state index contributed by atoms with van der Waals surface area (Å²) in [6.07, 6.45) is 6.27. The molecule has 0 aromatic heterocycles. The van der Waals surface area contributed by atoms with E-state index in [-0.39, 0.29) is 12.7 Å². The third-order valence-corrected chi connectivity index (χ3v) is 6.76. The summed E-state index contributed by atoms with van der Waals surface area (Å²) in [4.78, 5) is 5.96. The highest BCUT2D eigenvalue weighted by atomic mass is 32.1. The van der Waals surface area contributed by atoms with Crippen LogP contribution < -0.4 is 19.7 Å². The van der Waals surface area contributed by atoms with Gasteiger partial charge in [0.15, 0.2) is 17.6 Å². The smallest absolute Gasteiger partial charge is 0.184 e. The summed E-state index contributed by atoms with van der Waals surface area (Å²) in [5.74, 6) is 2.15. The Morgan fingerprint density at radius 3 is 2.69 bits per heavy atom. The largest absolute Gasteiger partial charge is 0.484 e. The molecule has 2 N–H and O–H groups in total. The Morgan fingerprint density at radius 1 is 1.14 bits per heavy atom. The first kappa shape index (κ1) is 20.7. The van der Waals surface area contributed by atoms with Crippen molar-refractivity contribution < 1.29 is 14.6 Å². The molecule has 1 atom stereocenters. The van der Waals surface area contributed by atoms with Gasteiger partial charge in [-0.2, -0.15) is 0 Å². The highest BCUT2D eigenvalue weighted by molar-refractivity contribution is 7.80. The van der Waals surface area contributed by atoms with Crippen LogP contribution in [0.1, 0.15) is 32.1 Å². The minimum absolute atomic E-state index is 0.0272. The van der Waals surface area contributed by atoms with Gasteiger partial charge in [0.2, 0.25) is 0 Å². The number of thiocarbonyl (C=S) groups is 1. The fourth-order valence-electron chi connectivity index (χ4n) is 4.53. The molecule has 0 bridgehead atoms. The number of aliphatic hydroxyl groups is 1. The number of benzene rings is 1. The Labute approximate surface area is 179 Å². The molecule has 1 saturated carbocycles. The van der Waals surface area contributed by atoms with Crippen LogP contribution in [0.4, 0.5) is 5.69 Å². The zero-order valence-electron chi connectivity index (χ0n) is 17.1. The molecule has 6 nitrogen and oxygen atoms in total. The first-order chi connectivity index (χ1) is 14.2. The Kier molecular flexibility index (Phi) is 7.11. The van der Waals surface area contributed by atoms with E-state index in [9.17, 15) is 5.11 Å². The van der Waals surface area contributed by atoms with Crippen molar-refractivity contribution in [3.05, 3.63) is 18.2 Å². The maximum atomic E-state index is 9.31. The molecule has 7 heteroatoms. The highest BCUT2D eigenvalue weighted by Gasteiger charge is 2.26. The van der Waals surface area contributed by atoms with E-state index in [0.29, 0.717) is 12.5 Å². The van der Waals surface area contributed by atoms with Gasteiger partial charge >= 0.3 is 0 Å². The molecule has 1 aromatic rings. The summed E-state index contributed by atoms with van der Waals surface area (Å²) in [6, 6.07) is 6.01. The number of ether oxygens (including phenoxy) is 2. The standard InChI is InChI=1S/C22H33N3O3S/c26-15-18-16-27-21-19(7-4-8-20(21)28-18)25-13-11-24(12-14-25)10-9-23-22(29)17-5-2-1-3-6-17/h4,7-8,17-18,26H,1-3,5-6,9-16H2,(H,23,29). The molecule has 0 spiro atoms. The maximum absolute atomic E-state index is 9.31. The van der Waals surface area contributed by atoms with Gasteiger partial charge in [-0.05, 0) is 25.0 Å². The molecule has 2 aliphatic heterocycles. The van der Waals surface area contributed by atoms with Crippen molar-refractivity contribution >= 4 is 22.9 Å². The lowest BCUT2D eigenvalue weighted by Crippen LogP contribution is -2.49. The van der Waals surface area contributed by atoms with Crippen LogP contribution in [-0.4, -0.2) is 73.6 Å². The number of hydrogen-bond donors (Lipinski definition) is 2. The fourth-order valence-corrected chi connectivity index (χ4v) is 4.87. The summed E-state index contributed by atoms with van der Waals surface area (Å²) < 4.78 is 11.7. The van der Waals surface area contributed by atoms with Gasteiger partial charge in [0.05, 0.1) is 17.3 Å². The van der Waals surface area contributed by atoms with Crippen LogP contribution in [-0.2, 0) is 0 Å². The molecule has 1 aliphatic carbocycles. The molecule has 2 heterocycles. The van der Waals surface area contributed by atoms with Crippen molar-refractivity contribution in [2.75, 3.05) is 57.4 Å². The van der Waals surface area contributed by atoms with Crippen LogP contribution in [0, 0.1) is 5.92 Å². The highest BCUT2D eigenvalue weighted by Crippen LogP contribution is 2.40. The van der Waals surface area contributed by atoms with E-state index >= 15 is 0 Å². The van der Waals surface area contributed by atoms with E-state index in [0.717, 1.165) is 61.4 Å². The van der Waals surface area contributed by atoms with Gasteiger partial charge in [0.1, 0.15) is 6.61 Å². The molecule has 160 valence electrons. The lowest BCUT2D eigenvalue weighted by molar-refractivity contribution is 0.0459. The van der Waals surface area contributed by atoms with Gasteiger partial charge in [-0.25, -0.2) is 0 Å². The zero-order valence-corrected chi connectivity index (χ0v) is 18.0. The number of anilines is 1. The Balaban J connectivity index is 1.23. The molecule has 3 aliphatic rings. The molecule has 0 radical (unpaired) electrons. The second kappa shape index (κ2) is 9.96. The summed E-state index contributed by atoms with van der Waals surface area (Å²) in [5, 5.41) is 12.8. The normalized spacial score (nSPS) is 23.1. The van der Waals surface area contributed by atoms with Crippen LogP contribution in [0.5, 0.6) is 11.5 Å². The summed E-state index contributed by atoms with van der Waals surface area (Å²) >= 11 is 5.62. The molecular weight excluding hydrogens is 386 g/mol. The van der Waals surface area contributed by atoms with Crippen LogP contribution in [0.25, 0.3) is 0 Å². The average molecular weight is 420 g/mol. The number of aliphatic hydroxyl groups excluding tert-OH is 1. The Bertz CT molecular complexity index is 688. The number of fused-ring (bicyclic) bond motifs is 1. The third-order valence-electron chi connectivity index (χ3n) is 6.29. The molecule has 29 heavy (non-hydrogen) atoms. The minimum Gasteiger partial charge on any atom is -0.484 e. The monoisotopic (exact) mass is 419 g/mol. The van der Waals surface area contributed by atoms with Gasteiger partial charge in [-0.15, -0.1) is 0 Å². The lowest BCUT2D eigenvalue weighted by Gasteiger charge is -2.38. The van der Waals surface area contributed by atoms with Gasteiger partial charge < -0.3 is 24.8 Å². The van der Waals surface area contributed by atoms with Crippen molar-refractivity contribution in [1.82, 2.24) is 10.2 Å². The molecule has 1 aromatic carbocycles. The van der Waals surface area contributed by atoms with Gasteiger partial charge in [0.25, 0.3) is 0 Å². The molecule has 1 saturated heterocycles. The first-order valence-corrected chi connectivity index (χ1v) is 11.4. The number of nitrogens with one attached hydrogen (secondary N) is 1. The number of hydrogen-bond acceptors (Lipinski definition) is 6. The van der Waals surface area contributed by atoms with E-state index in [1.54, 1.807) is 0 Å². The Hall–Kier alpha value is -1.57. The van der Waals surface area contributed by atoms with E-state index < -0.39 is 0 Å². The average Bonchev–Trinajstić information content (AvgIpc) is 2.79. The summed E-state index contributed by atoms with van der Waals surface area (Å²) in [7, 11) is 0. The molecule has 1 unspecified atom stereocenters. The molecule has 0 amide bonds. The predicted octanol–water partition coefficient (Wildman–Crippen LogP) is 2.44. The van der Waals surface area contributed by atoms with Gasteiger partial charge in [-0.3, -0.25) is 4.90 Å². The number of piperazine rings is 1. The predicted molar refractivity (Wildman–Crippen MR) is 119 cm³/mol. The van der Waals surface area contributed by atoms with Crippen molar-refractivity contribution in [1.29, 1.82) is 0 Å². The van der Waals surface area contributed by atoms with Crippen LogP contribution >= 0.6 is 12.2 Å². The third kappa shape index (κ3) is 5.13.